The van der Waals surface area contributed by atoms with Crippen LogP contribution in [0, 0.1) is 10.8 Å². The molecule has 1 atom stereocenters. The molecule has 1 heteroatoms. The van der Waals surface area contributed by atoms with E-state index in [9.17, 15) is 0 Å². The minimum absolute atomic E-state index is 0.282. The third kappa shape index (κ3) is 4.95. The summed E-state index contributed by atoms with van der Waals surface area (Å²) in [5.74, 6) is 0. The molecule has 0 bridgehead atoms. The first kappa shape index (κ1) is 16.1. The third-order valence-electron chi connectivity index (χ3n) is 3.11. The maximum Gasteiger partial charge on any atom is 0.0112 e. The Kier molecular flexibility index (Phi) is 5.65. The first-order valence-corrected chi connectivity index (χ1v) is 7.25. The highest BCUT2D eigenvalue weighted by Gasteiger charge is 2.27. The maximum atomic E-state index is 2.35. The lowest BCUT2D eigenvalue weighted by Crippen LogP contribution is -2.22. The largest absolute Gasteiger partial charge is 0.126 e. The Balaban J connectivity index is 5.00. The summed E-state index contributed by atoms with van der Waals surface area (Å²) in [5.41, 5.74) is 2.20. The average molecular weight is 242 g/mol. The van der Waals surface area contributed by atoms with Crippen LogP contribution in [-0.2, 0) is 0 Å². The Bertz CT molecular complexity index is 248. The molecule has 1 unspecified atom stereocenters. The Morgan fingerprint density at radius 3 is 1.75 bits per heavy atom. The summed E-state index contributed by atoms with van der Waals surface area (Å²) in [6.45, 7) is 20.8. The van der Waals surface area contributed by atoms with E-state index >= 15 is 0 Å². The predicted molar refractivity (Wildman–Crippen MR) is 79.0 cm³/mol. The van der Waals surface area contributed by atoms with E-state index in [0.717, 1.165) is 6.42 Å². The van der Waals surface area contributed by atoms with Gasteiger partial charge in [-0.2, -0.15) is 0 Å². The molecule has 0 saturated heterocycles. The quantitative estimate of drug-likeness (QED) is 0.595. The summed E-state index contributed by atoms with van der Waals surface area (Å²) < 4.78 is 0. The molecular weight excluding hydrogens is 212 g/mol. The van der Waals surface area contributed by atoms with Crippen molar-refractivity contribution in [2.24, 2.45) is 10.8 Å². The van der Waals surface area contributed by atoms with Crippen molar-refractivity contribution in [3.63, 3.8) is 0 Å². The molecule has 0 spiro atoms. The van der Waals surface area contributed by atoms with Gasteiger partial charge >= 0.3 is 0 Å². The fourth-order valence-corrected chi connectivity index (χ4v) is 2.84. The number of thioether (sulfide) groups is 1. The van der Waals surface area contributed by atoms with E-state index in [1.165, 1.54) is 0 Å². The summed E-state index contributed by atoms with van der Waals surface area (Å²) in [5, 5.41) is 0.656. The molecule has 0 nitrogen and oxygen atoms in total. The van der Waals surface area contributed by atoms with Gasteiger partial charge < -0.3 is 0 Å². The van der Waals surface area contributed by atoms with Gasteiger partial charge in [0.2, 0.25) is 0 Å². The Morgan fingerprint density at radius 2 is 1.50 bits per heavy atom. The number of allylic oxidation sites excluding steroid dienone is 2. The predicted octanol–water partition coefficient (Wildman–Crippen LogP) is 5.88. The minimum Gasteiger partial charge on any atom is -0.126 e. The van der Waals surface area contributed by atoms with Gasteiger partial charge in [-0.25, -0.2) is 0 Å². The summed E-state index contributed by atoms with van der Waals surface area (Å²) in [7, 11) is 0. The van der Waals surface area contributed by atoms with Crippen LogP contribution in [0.2, 0.25) is 0 Å². The van der Waals surface area contributed by atoms with Crippen molar-refractivity contribution in [2.75, 3.05) is 0 Å². The number of rotatable bonds is 3. The van der Waals surface area contributed by atoms with Crippen LogP contribution >= 0.6 is 11.8 Å². The molecule has 0 heterocycles. The van der Waals surface area contributed by atoms with Crippen molar-refractivity contribution in [1.82, 2.24) is 0 Å². The maximum absolute atomic E-state index is 2.35. The minimum atomic E-state index is 0.282. The lowest BCUT2D eigenvalue weighted by molar-refractivity contribution is 0.410. The van der Waals surface area contributed by atoms with Crippen LogP contribution in [0.5, 0.6) is 0 Å². The van der Waals surface area contributed by atoms with E-state index in [4.69, 9.17) is 0 Å². The second-order valence-corrected chi connectivity index (χ2v) is 8.19. The molecule has 0 aliphatic heterocycles. The molecule has 0 amide bonds. The molecular formula is C15H30S. The first-order valence-electron chi connectivity index (χ1n) is 6.37. The molecule has 0 fully saturated rings. The van der Waals surface area contributed by atoms with E-state index in [1.807, 2.05) is 0 Å². The summed E-state index contributed by atoms with van der Waals surface area (Å²) >= 11 is 2.07. The standard InChI is InChI=1S/C15H30S/c1-10-11(2)13(15(7,8)9)16-12(3)14(4,5)6/h12H,10H2,1-9H3/b13-11-. The second-order valence-electron chi connectivity index (χ2n) is 6.84. The molecule has 16 heavy (non-hydrogen) atoms. The van der Waals surface area contributed by atoms with Crippen LogP contribution in [-0.4, -0.2) is 5.25 Å². The number of hydrogen-bond donors (Lipinski definition) is 0. The zero-order valence-electron chi connectivity index (χ0n) is 12.7. The van der Waals surface area contributed by atoms with Crippen LogP contribution in [0.3, 0.4) is 0 Å². The van der Waals surface area contributed by atoms with E-state index < -0.39 is 0 Å². The Hall–Kier alpha value is 0.0900. The highest BCUT2D eigenvalue weighted by atomic mass is 32.2. The lowest BCUT2D eigenvalue weighted by atomic mass is 9.92. The topological polar surface area (TPSA) is 0 Å². The van der Waals surface area contributed by atoms with Crippen molar-refractivity contribution >= 4 is 11.8 Å². The Labute approximate surface area is 107 Å². The normalized spacial score (nSPS) is 17.1. The monoisotopic (exact) mass is 242 g/mol. The third-order valence-corrected chi connectivity index (χ3v) is 5.37. The SMILES string of the molecule is CC/C(C)=C(\SC(C)C(C)(C)C)C(C)(C)C. The van der Waals surface area contributed by atoms with Crippen LogP contribution in [0.25, 0.3) is 0 Å². The van der Waals surface area contributed by atoms with Gasteiger partial charge in [-0.05, 0) is 29.1 Å². The molecule has 0 aliphatic carbocycles. The van der Waals surface area contributed by atoms with Crippen molar-refractivity contribution in [3.05, 3.63) is 10.5 Å². The van der Waals surface area contributed by atoms with Crippen molar-refractivity contribution < 1.29 is 0 Å². The molecule has 0 N–H and O–H groups in total. The van der Waals surface area contributed by atoms with E-state index in [0.29, 0.717) is 10.7 Å². The molecule has 0 rings (SSSR count). The van der Waals surface area contributed by atoms with E-state index in [1.54, 1.807) is 10.5 Å². The van der Waals surface area contributed by atoms with Crippen molar-refractivity contribution in [2.45, 2.75) is 74.0 Å². The van der Waals surface area contributed by atoms with Crippen molar-refractivity contribution in [1.29, 1.82) is 0 Å². The van der Waals surface area contributed by atoms with Gasteiger partial charge in [-0.15, -0.1) is 11.8 Å². The summed E-state index contributed by atoms with van der Waals surface area (Å²) in [4.78, 5) is 1.58. The van der Waals surface area contributed by atoms with Gasteiger partial charge in [-0.3, -0.25) is 0 Å². The van der Waals surface area contributed by atoms with Gasteiger partial charge in [0.15, 0.2) is 0 Å². The van der Waals surface area contributed by atoms with Crippen LogP contribution < -0.4 is 0 Å². The van der Waals surface area contributed by atoms with Crippen LogP contribution in [0.15, 0.2) is 10.5 Å². The molecule has 0 aromatic carbocycles. The highest BCUT2D eigenvalue weighted by Crippen LogP contribution is 2.44. The van der Waals surface area contributed by atoms with Crippen LogP contribution in [0.1, 0.15) is 68.7 Å². The van der Waals surface area contributed by atoms with Gasteiger partial charge in [0.05, 0.1) is 0 Å². The Morgan fingerprint density at radius 1 is 1.06 bits per heavy atom. The number of hydrogen-bond acceptors (Lipinski definition) is 1. The summed E-state index contributed by atoms with van der Waals surface area (Å²) in [6, 6.07) is 0. The van der Waals surface area contributed by atoms with Gasteiger partial charge in [0, 0.05) is 5.25 Å². The molecule has 0 aliphatic rings. The zero-order chi connectivity index (χ0) is 13.1. The summed E-state index contributed by atoms with van der Waals surface area (Å²) in [6.07, 6.45) is 1.16. The lowest BCUT2D eigenvalue weighted by Gasteiger charge is -2.33. The highest BCUT2D eigenvalue weighted by molar-refractivity contribution is 8.03. The molecule has 0 aromatic rings. The molecule has 0 radical (unpaired) electrons. The molecule has 96 valence electrons. The first-order chi connectivity index (χ1) is 7.00. The van der Waals surface area contributed by atoms with E-state index in [2.05, 4.69) is 74.1 Å². The van der Waals surface area contributed by atoms with E-state index in [-0.39, 0.29) is 5.41 Å². The van der Waals surface area contributed by atoms with Crippen molar-refractivity contribution in [3.8, 4) is 0 Å². The molecule has 0 saturated carbocycles. The van der Waals surface area contributed by atoms with Crippen LogP contribution in [0.4, 0.5) is 0 Å². The average Bonchev–Trinajstić information content (AvgIpc) is 2.09. The second kappa shape index (κ2) is 5.62. The zero-order valence-corrected chi connectivity index (χ0v) is 13.5. The van der Waals surface area contributed by atoms with Gasteiger partial charge in [0.25, 0.3) is 0 Å². The fraction of sp³-hybridized carbons (Fsp3) is 0.867. The fourth-order valence-electron chi connectivity index (χ4n) is 1.43. The molecule has 0 aromatic heterocycles. The van der Waals surface area contributed by atoms with Gasteiger partial charge in [-0.1, -0.05) is 61.0 Å². The smallest absolute Gasteiger partial charge is 0.0112 e. The van der Waals surface area contributed by atoms with Gasteiger partial charge in [0.1, 0.15) is 0 Å².